The predicted molar refractivity (Wildman–Crippen MR) is 113 cm³/mol. The zero-order valence-electron chi connectivity index (χ0n) is 17.4. The Bertz CT molecular complexity index is 946. The second-order valence-corrected chi connectivity index (χ2v) is 8.56. The van der Waals surface area contributed by atoms with Crippen LogP contribution in [-0.4, -0.2) is 34.2 Å². The number of carbonyl (C=O) groups excluding carboxylic acids is 1. The molecule has 29 heavy (non-hydrogen) atoms. The average Bonchev–Trinajstić information content (AvgIpc) is 2.74. The highest BCUT2D eigenvalue weighted by molar-refractivity contribution is 5.80. The number of ether oxygens (including phenoxy) is 1. The SMILES string of the molecule is CCO[C@@H]1C[C@H](NC(=O)CCn2cnc3c(C)cccc3c2=O)C12CCCCC2. The molecule has 0 bridgehead atoms. The molecule has 1 aromatic heterocycles. The minimum atomic E-state index is -0.0877. The molecule has 2 aliphatic carbocycles. The smallest absolute Gasteiger partial charge is 0.261 e. The fraction of sp³-hybridized carbons (Fsp3) is 0.609. The highest BCUT2D eigenvalue weighted by Gasteiger charge is 2.55. The Hall–Kier alpha value is -2.21. The van der Waals surface area contributed by atoms with Crippen LogP contribution < -0.4 is 10.9 Å². The fourth-order valence-corrected chi connectivity index (χ4v) is 5.25. The lowest BCUT2D eigenvalue weighted by atomic mass is 9.55. The van der Waals surface area contributed by atoms with Crippen LogP contribution in [0.4, 0.5) is 0 Å². The van der Waals surface area contributed by atoms with Gasteiger partial charge < -0.3 is 10.1 Å². The molecule has 0 saturated heterocycles. The van der Waals surface area contributed by atoms with Gasteiger partial charge in [-0.2, -0.15) is 0 Å². The van der Waals surface area contributed by atoms with E-state index >= 15 is 0 Å². The molecule has 0 aliphatic heterocycles. The summed E-state index contributed by atoms with van der Waals surface area (Å²) in [6.07, 6.45) is 8.99. The molecule has 0 radical (unpaired) electrons. The van der Waals surface area contributed by atoms with Crippen LogP contribution in [-0.2, 0) is 16.1 Å². The molecular formula is C23H31N3O3. The number of rotatable bonds is 6. The van der Waals surface area contributed by atoms with Crippen LogP contribution in [0.1, 0.15) is 57.4 Å². The molecule has 1 N–H and O–H groups in total. The summed E-state index contributed by atoms with van der Waals surface area (Å²) >= 11 is 0. The van der Waals surface area contributed by atoms with Gasteiger partial charge in [-0.15, -0.1) is 0 Å². The van der Waals surface area contributed by atoms with Crippen LogP contribution in [0.3, 0.4) is 0 Å². The van der Waals surface area contributed by atoms with Crippen molar-refractivity contribution in [3.8, 4) is 0 Å². The van der Waals surface area contributed by atoms with Crippen molar-refractivity contribution in [1.82, 2.24) is 14.9 Å². The van der Waals surface area contributed by atoms with E-state index < -0.39 is 0 Å². The molecular weight excluding hydrogens is 366 g/mol. The van der Waals surface area contributed by atoms with E-state index in [4.69, 9.17) is 4.74 Å². The molecule has 1 heterocycles. The Morgan fingerprint density at radius 2 is 2.10 bits per heavy atom. The van der Waals surface area contributed by atoms with Crippen molar-refractivity contribution in [2.24, 2.45) is 5.41 Å². The highest BCUT2D eigenvalue weighted by atomic mass is 16.5. The van der Waals surface area contributed by atoms with Crippen molar-refractivity contribution in [1.29, 1.82) is 0 Å². The standard InChI is InChI=1S/C23H31N3O3/c1-3-29-19-14-18(23(19)11-5-4-6-12-23)25-20(27)10-13-26-15-24-21-16(2)8-7-9-17(21)22(26)28/h7-9,15,18-19H,3-6,10-14H2,1-2H3,(H,25,27)/t18-,19+/m0/s1. The van der Waals surface area contributed by atoms with Gasteiger partial charge in [-0.3, -0.25) is 14.2 Å². The first-order valence-electron chi connectivity index (χ1n) is 10.9. The van der Waals surface area contributed by atoms with E-state index in [0.29, 0.717) is 11.9 Å². The molecule has 4 rings (SSSR count). The molecule has 1 spiro atoms. The minimum absolute atomic E-state index is 0.00568. The molecule has 156 valence electrons. The van der Waals surface area contributed by atoms with Gasteiger partial charge in [0.2, 0.25) is 5.91 Å². The van der Waals surface area contributed by atoms with Gasteiger partial charge in [-0.05, 0) is 44.7 Å². The number of benzene rings is 1. The molecule has 2 atom stereocenters. The zero-order chi connectivity index (χ0) is 20.4. The summed E-state index contributed by atoms with van der Waals surface area (Å²) in [7, 11) is 0. The third kappa shape index (κ3) is 3.70. The van der Waals surface area contributed by atoms with Gasteiger partial charge in [0.15, 0.2) is 0 Å². The third-order valence-corrected chi connectivity index (χ3v) is 6.91. The predicted octanol–water partition coefficient (Wildman–Crippen LogP) is 3.34. The summed E-state index contributed by atoms with van der Waals surface area (Å²) in [5.74, 6) is 0.00568. The molecule has 2 saturated carbocycles. The number of fused-ring (bicyclic) bond motifs is 1. The molecule has 2 aliphatic rings. The molecule has 2 fully saturated rings. The number of hydrogen-bond acceptors (Lipinski definition) is 4. The maximum absolute atomic E-state index is 12.7. The van der Waals surface area contributed by atoms with Crippen LogP contribution in [0.25, 0.3) is 10.9 Å². The lowest BCUT2D eigenvalue weighted by Gasteiger charge is -2.57. The van der Waals surface area contributed by atoms with Crippen molar-refractivity contribution in [3.63, 3.8) is 0 Å². The van der Waals surface area contributed by atoms with E-state index in [1.54, 1.807) is 17.0 Å². The second kappa shape index (κ2) is 8.27. The van der Waals surface area contributed by atoms with Crippen molar-refractivity contribution in [3.05, 3.63) is 40.4 Å². The number of para-hydroxylation sites is 1. The van der Waals surface area contributed by atoms with Gasteiger partial charge in [0.25, 0.3) is 5.56 Å². The van der Waals surface area contributed by atoms with Crippen molar-refractivity contribution < 1.29 is 9.53 Å². The van der Waals surface area contributed by atoms with Crippen molar-refractivity contribution in [2.75, 3.05) is 6.61 Å². The summed E-state index contributed by atoms with van der Waals surface area (Å²) in [6.45, 7) is 5.06. The van der Waals surface area contributed by atoms with Crippen LogP contribution in [0, 0.1) is 12.3 Å². The molecule has 1 amide bonds. The number of nitrogens with zero attached hydrogens (tertiary/aromatic N) is 2. The van der Waals surface area contributed by atoms with Crippen molar-refractivity contribution >= 4 is 16.8 Å². The van der Waals surface area contributed by atoms with Gasteiger partial charge in [0, 0.05) is 31.0 Å². The monoisotopic (exact) mass is 397 g/mol. The average molecular weight is 398 g/mol. The van der Waals surface area contributed by atoms with Crippen molar-refractivity contribution in [2.45, 2.75) is 77.5 Å². The molecule has 6 heteroatoms. The van der Waals surface area contributed by atoms with E-state index in [2.05, 4.69) is 10.3 Å². The van der Waals surface area contributed by atoms with E-state index in [9.17, 15) is 9.59 Å². The maximum Gasteiger partial charge on any atom is 0.261 e. The Balaban J connectivity index is 1.40. The van der Waals surface area contributed by atoms with E-state index in [1.165, 1.54) is 19.3 Å². The molecule has 0 unspecified atom stereocenters. The van der Waals surface area contributed by atoms with Gasteiger partial charge in [-0.1, -0.05) is 31.4 Å². The van der Waals surface area contributed by atoms with Gasteiger partial charge in [0.1, 0.15) is 0 Å². The number of carbonyl (C=O) groups is 1. The summed E-state index contributed by atoms with van der Waals surface area (Å²) < 4.78 is 7.52. The first-order valence-corrected chi connectivity index (χ1v) is 10.9. The van der Waals surface area contributed by atoms with Crippen LogP contribution in [0.15, 0.2) is 29.3 Å². The second-order valence-electron chi connectivity index (χ2n) is 8.56. The van der Waals surface area contributed by atoms with Gasteiger partial charge in [0.05, 0.1) is 23.3 Å². The minimum Gasteiger partial charge on any atom is -0.378 e. The Labute approximate surface area is 171 Å². The van der Waals surface area contributed by atoms with Crippen LogP contribution in [0.2, 0.25) is 0 Å². The highest BCUT2D eigenvalue weighted by Crippen LogP contribution is 2.53. The van der Waals surface area contributed by atoms with E-state index in [-0.39, 0.29) is 35.4 Å². The molecule has 1 aromatic carbocycles. The van der Waals surface area contributed by atoms with Gasteiger partial charge >= 0.3 is 0 Å². The lowest BCUT2D eigenvalue weighted by Crippen LogP contribution is -2.65. The lowest BCUT2D eigenvalue weighted by molar-refractivity contribution is -0.157. The van der Waals surface area contributed by atoms with E-state index in [0.717, 1.165) is 36.9 Å². The summed E-state index contributed by atoms with van der Waals surface area (Å²) in [4.78, 5) is 29.8. The van der Waals surface area contributed by atoms with Gasteiger partial charge in [-0.25, -0.2) is 4.98 Å². The summed E-state index contributed by atoms with van der Waals surface area (Å²) in [5.41, 5.74) is 1.74. The number of hydrogen-bond donors (Lipinski definition) is 1. The summed E-state index contributed by atoms with van der Waals surface area (Å²) in [5, 5.41) is 3.85. The zero-order valence-corrected chi connectivity index (χ0v) is 17.4. The number of aryl methyl sites for hydroxylation is 2. The largest absolute Gasteiger partial charge is 0.378 e. The Morgan fingerprint density at radius 1 is 1.31 bits per heavy atom. The number of aromatic nitrogens is 2. The number of nitrogens with one attached hydrogen (secondary N) is 1. The normalized spacial score (nSPS) is 23.1. The molecule has 6 nitrogen and oxygen atoms in total. The quantitative estimate of drug-likeness (QED) is 0.811. The summed E-state index contributed by atoms with van der Waals surface area (Å²) in [6, 6.07) is 5.80. The fourth-order valence-electron chi connectivity index (χ4n) is 5.25. The van der Waals surface area contributed by atoms with Crippen LogP contribution >= 0.6 is 0 Å². The maximum atomic E-state index is 12.7. The first-order chi connectivity index (χ1) is 14.0. The van der Waals surface area contributed by atoms with E-state index in [1.807, 2.05) is 26.0 Å². The van der Waals surface area contributed by atoms with Crippen LogP contribution in [0.5, 0.6) is 0 Å². The molecule has 2 aromatic rings. The number of amides is 1. The Kier molecular flexibility index (Phi) is 5.72. The third-order valence-electron chi connectivity index (χ3n) is 6.91. The topological polar surface area (TPSA) is 73.2 Å². The first kappa shape index (κ1) is 20.1. The Morgan fingerprint density at radius 3 is 2.86 bits per heavy atom.